The van der Waals surface area contributed by atoms with Crippen LogP contribution in [-0.4, -0.2) is 12.7 Å². The van der Waals surface area contributed by atoms with Crippen molar-refractivity contribution < 1.29 is 9.47 Å². The largest absolute Gasteiger partial charge is 0.490 e. The average molecular weight is 376 g/mol. The zero-order valence-electron chi connectivity index (χ0n) is 12.8. The Morgan fingerprint density at radius 1 is 1.24 bits per heavy atom. The molecule has 0 amide bonds. The van der Waals surface area contributed by atoms with E-state index in [1.165, 1.54) is 25.7 Å². The first-order chi connectivity index (χ1) is 10.2. The van der Waals surface area contributed by atoms with Gasteiger partial charge < -0.3 is 9.47 Å². The molecule has 118 valence electrons. The fourth-order valence-electron chi connectivity index (χ4n) is 3.02. The molecule has 2 nitrogen and oxygen atoms in total. The Bertz CT molecular complexity index is 464. The van der Waals surface area contributed by atoms with Crippen molar-refractivity contribution in [2.45, 2.75) is 57.9 Å². The lowest BCUT2D eigenvalue weighted by Crippen LogP contribution is -2.30. The number of benzene rings is 1. The molecular weight excluding hydrogens is 352 g/mol. The van der Waals surface area contributed by atoms with Crippen LogP contribution >= 0.6 is 27.5 Å². The summed E-state index contributed by atoms with van der Waals surface area (Å²) < 4.78 is 13.0. The van der Waals surface area contributed by atoms with Gasteiger partial charge in [-0.15, -0.1) is 11.6 Å². The number of hydrogen-bond acceptors (Lipinski definition) is 2. The molecule has 1 saturated carbocycles. The maximum Gasteiger partial charge on any atom is 0.175 e. The highest BCUT2D eigenvalue weighted by atomic mass is 79.9. The van der Waals surface area contributed by atoms with Crippen LogP contribution in [0.1, 0.15) is 51.5 Å². The zero-order valence-corrected chi connectivity index (χ0v) is 15.2. The van der Waals surface area contributed by atoms with Crippen molar-refractivity contribution in [1.29, 1.82) is 0 Å². The molecule has 0 bridgehead atoms. The first kappa shape index (κ1) is 17.0. The van der Waals surface area contributed by atoms with Crippen molar-refractivity contribution >= 4 is 27.5 Å². The molecule has 1 aromatic carbocycles. The monoisotopic (exact) mass is 374 g/mol. The molecule has 0 heterocycles. The zero-order chi connectivity index (χ0) is 15.2. The van der Waals surface area contributed by atoms with Crippen molar-refractivity contribution in [2.75, 3.05) is 6.61 Å². The van der Waals surface area contributed by atoms with E-state index in [0.717, 1.165) is 28.0 Å². The topological polar surface area (TPSA) is 18.5 Å². The lowest BCUT2D eigenvalue weighted by atomic mass is 9.85. The van der Waals surface area contributed by atoms with E-state index in [0.29, 0.717) is 24.5 Å². The van der Waals surface area contributed by atoms with E-state index in [1.807, 2.05) is 19.1 Å². The van der Waals surface area contributed by atoms with Gasteiger partial charge in [-0.3, -0.25) is 0 Å². The molecule has 0 spiro atoms. The SMILES string of the molecule is CCOc1cc(CCl)cc(Br)c1OC1CCCCC1CC. The van der Waals surface area contributed by atoms with Crippen LogP contribution in [0.2, 0.25) is 0 Å². The van der Waals surface area contributed by atoms with Crippen LogP contribution in [0.4, 0.5) is 0 Å². The second kappa shape index (κ2) is 8.28. The number of alkyl halides is 1. The summed E-state index contributed by atoms with van der Waals surface area (Å²) in [6.45, 7) is 4.86. The number of rotatable bonds is 6. The van der Waals surface area contributed by atoms with Crippen LogP contribution in [0, 0.1) is 5.92 Å². The molecule has 0 radical (unpaired) electrons. The Morgan fingerprint density at radius 2 is 2.00 bits per heavy atom. The lowest BCUT2D eigenvalue weighted by molar-refractivity contribution is 0.0857. The van der Waals surface area contributed by atoms with Crippen molar-refractivity contribution in [3.63, 3.8) is 0 Å². The predicted octanol–water partition coefficient (Wildman–Crippen LogP) is 5.93. The molecule has 0 aromatic heterocycles. The van der Waals surface area contributed by atoms with Crippen molar-refractivity contribution in [2.24, 2.45) is 5.92 Å². The van der Waals surface area contributed by atoms with Gasteiger partial charge >= 0.3 is 0 Å². The third kappa shape index (κ3) is 4.29. The minimum absolute atomic E-state index is 0.293. The summed E-state index contributed by atoms with van der Waals surface area (Å²) in [6, 6.07) is 4.01. The van der Waals surface area contributed by atoms with Crippen LogP contribution in [0.25, 0.3) is 0 Å². The number of ether oxygens (including phenoxy) is 2. The van der Waals surface area contributed by atoms with E-state index in [-0.39, 0.29) is 0 Å². The molecule has 0 saturated heterocycles. The summed E-state index contributed by atoms with van der Waals surface area (Å²) in [5, 5.41) is 0. The van der Waals surface area contributed by atoms with E-state index >= 15 is 0 Å². The Kier molecular flexibility index (Phi) is 6.69. The summed E-state index contributed by atoms with van der Waals surface area (Å²) in [5.74, 6) is 2.74. The van der Waals surface area contributed by atoms with E-state index < -0.39 is 0 Å². The summed E-state index contributed by atoms with van der Waals surface area (Å²) in [5.41, 5.74) is 1.04. The normalized spacial score (nSPS) is 22.1. The highest BCUT2D eigenvalue weighted by molar-refractivity contribution is 9.10. The number of halogens is 2. The van der Waals surface area contributed by atoms with Gasteiger partial charge in [-0.2, -0.15) is 0 Å². The maximum absolute atomic E-state index is 6.36. The molecule has 1 aliphatic rings. The van der Waals surface area contributed by atoms with Gasteiger partial charge in [-0.1, -0.05) is 13.3 Å². The average Bonchev–Trinajstić information content (AvgIpc) is 2.51. The van der Waals surface area contributed by atoms with E-state index in [2.05, 4.69) is 22.9 Å². The van der Waals surface area contributed by atoms with Gasteiger partial charge in [0.25, 0.3) is 0 Å². The third-order valence-corrected chi connectivity index (χ3v) is 5.05. The molecule has 4 heteroatoms. The maximum atomic E-state index is 6.36. The fourth-order valence-corrected chi connectivity index (χ4v) is 3.76. The van der Waals surface area contributed by atoms with Crippen LogP contribution in [0.5, 0.6) is 11.5 Å². The van der Waals surface area contributed by atoms with Crippen molar-refractivity contribution in [1.82, 2.24) is 0 Å². The Hall–Kier alpha value is -0.410. The Morgan fingerprint density at radius 3 is 2.67 bits per heavy atom. The first-order valence-electron chi connectivity index (χ1n) is 7.87. The summed E-state index contributed by atoms with van der Waals surface area (Å²) in [4.78, 5) is 0. The second-order valence-electron chi connectivity index (χ2n) is 5.58. The van der Waals surface area contributed by atoms with Gasteiger partial charge in [0.05, 0.1) is 11.1 Å². The lowest BCUT2D eigenvalue weighted by Gasteiger charge is -2.32. The Balaban J connectivity index is 2.24. The minimum atomic E-state index is 0.293. The van der Waals surface area contributed by atoms with E-state index in [9.17, 15) is 0 Å². The van der Waals surface area contributed by atoms with Gasteiger partial charge in [-0.25, -0.2) is 0 Å². The number of hydrogen-bond donors (Lipinski definition) is 0. The molecule has 2 rings (SSSR count). The summed E-state index contributed by atoms with van der Waals surface area (Å²) in [6.07, 6.45) is 6.44. The highest BCUT2D eigenvalue weighted by Gasteiger charge is 2.27. The van der Waals surface area contributed by atoms with Crippen molar-refractivity contribution in [3.05, 3.63) is 22.2 Å². The van der Waals surface area contributed by atoms with Gasteiger partial charge in [-0.05, 0) is 72.2 Å². The standard InChI is InChI=1S/C17H24BrClO2/c1-3-13-7-5-6-8-15(13)21-17-14(18)9-12(11-19)10-16(17)20-4-2/h9-10,13,15H,3-8,11H2,1-2H3. The fraction of sp³-hybridized carbons (Fsp3) is 0.647. The van der Waals surface area contributed by atoms with E-state index in [1.54, 1.807) is 0 Å². The minimum Gasteiger partial charge on any atom is -0.490 e. The quantitative estimate of drug-likeness (QED) is 0.573. The molecule has 1 aliphatic carbocycles. The molecular formula is C17H24BrClO2. The first-order valence-corrected chi connectivity index (χ1v) is 9.20. The summed E-state index contributed by atoms with van der Waals surface area (Å²) in [7, 11) is 0. The molecule has 1 aromatic rings. The molecule has 2 atom stereocenters. The molecule has 21 heavy (non-hydrogen) atoms. The smallest absolute Gasteiger partial charge is 0.175 e. The van der Waals surface area contributed by atoms with Crippen LogP contribution in [0.3, 0.4) is 0 Å². The van der Waals surface area contributed by atoms with Crippen LogP contribution in [-0.2, 0) is 5.88 Å². The van der Waals surface area contributed by atoms with Gasteiger partial charge in [0.1, 0.15) is 6.10 Å². The van der Waals surface area contributed by atoms with Gasteiger partial charge in [0, 0.05) is 5.88 Å². The van der Waals surface area contributed by atoms with E-state index in [4.69, 9.17) is 21.1 Å². The summed E-state index contributed by atoms with van der Waals surface area (Å²) >= 11 is 9.56. The molecule has 2 unspecified atom stereocenters. The van der Waals surface area contributed by atoms with Gasteiger partial charge in [0.2, 0.25) is 0 Å². The molecule has 0 aliphatic heterocycles. The Labute approximate surface area is 141 Å². The van der Waals surface area contributed by atoms with Gasteiger partial charge in [0.15, 0.2) is 11.5 Å². The third-order valence-electron chi connectivity index (χ3n) is 4.16. The van der Waals surface area contributed by atoms with Crippen LogP contribution in [0.15, 0.2) is 16.6 Å². The molecule has 1 fully saturated rings. The van der Waals surface area contributed by atoms with Crippen molar-refractivity contribution in [3.8, 4) is 11.5 Å². The second-order valence-corrected chi connectivity index (χ2v) is 6.70. The highest BCUT2D eigenvalue weighted by Crippen LogP contribution is 2.40. The predicted molar refractivity (Wildman–Crippen MR) is 91.5 cm³/mol. The van der Waals surface area contributed by atoms with Crippen LogP contribution < -0.4 is 9.47 Å². The molecule has 0 N–H and O–H groups in total.